The standard InChI is InChI=1S/C22H29N5O/c1-2-23-22(28)27-15-12-19-18(16-27)21(26-13-8-3-4-9-14-26)25-20(24-19)17-10-6-5-7-11-17/h5-7,10-11H,2-4,8-9,12-16H2,1H3,(H,23,28). The fourth-order valence-electron chi connectivity index (χ4n) is 4.09. The summed E-state index contributed by atoms with van der Waals surface area (Å²) in [5.74, 6) is 1.82. The zero-order valence-corrected chi connectivity index (χ0v) is 16.7. The molecule has 3 heterocycles. The lowest BCUT2D eigenvalue weighted by molar-refractivity contribution is 0.192. The van der Waals surface area contributed by atoms with Gasteiger partial charge in [-0.25, -0.2) is 14.8 Å². The van der Waals surface area contributed by atoms with E-state index >= 15 is 0 Å². The SMILES string of the molecule is CCNC(=O)N1CCc2nc(-c3ccccc3)nc(N3CCCCCC3)c2C1. The molecule has 0 spiro atoms. The lowest BCUT2D eigenvalue weighted by atomic mass is 10.0. The van der Waals surface area contributed by atoms with Crippen LogP contribution < -0.4 is 10.2 Å². The quantitative estimate of drug-likeness (QED) is 0.885. The van der Waals surface area contributed by atoms with E-state index in [0.717, 1.165) is 48.0 Å². The topological polar surface area (TPSA) is 61.4 Å². The number of benzene rings is 1. The molecule has 2 aliphatic heterocycles. The smallest absolute Gasteiger partial charge is 0.317 e. The molecule has 6 nitrogen and oxygen atoms in total. The Morgan fingerprint density at radius 1 is 1.04 bits per heavy atom. The van der Waals surface area contributed by atoms with Crippen molar-refractivity contribution in [2.75, 3.05) is 31.1 Å². The number of amides is 2. The Labute approximate surface area is 167 Å². The van der Waals surface area contributed by atoms with Gasteiger partial charge in [0.25, 0.3) is 0 Å². The van der Waals surface area contributed by atoms with Crippen LogP contribution in [-0.2, 0) is 13.0 Å². The number of nitrogens with zero attached hydrogens (tertiary/aromatic N) is 4. The Morgan fingerprint density at radius 2 is 1.79 bits per heavy atom. The molecule has 2 aromatic rings. The number of nitrogens with one attached hydrogen (secondary N) is 1. The van der Waals surface area contributed by atoms with Crippen molar-refractivity contribution in [1.29, 1.82) is 0 Å². The van der Waals surface area contributed by atoms with Crippen LogP contribution in [0, 0.1) is 0 Å². The highest BCUT2D eigenvalue weighted by molar-refractivity contribution is 5.75. The van der Waals surface area contributed by atoms with Gasteiger partial charge in [-0.2, -0.15) is 0 Å². The van der Waals surface area contributed by atoms with Crippen molar-refractivity contribution in [3.63, 3.8) is 0 Å². The van der Waals surface area contributed by atoms with Crippen molar-refractivity contribution in [2.45, 2.75) is 45.6 Å². The monoisotopic (exact) mass is 379 g/mol. The highest BCUT2D eigenvalue weighted by Gasteiger charge is 2.28. The van der Waals surface area contributed by atoms with Gasteiger partial charge in [-0.15, -0.1) is 0 Å². The summed E-state index contributed by atoms with van der Waals surface area (Å²) in [6.07, 6.45) is 5.72. The van der Waals surface area contributed by atoms with E-state index in [1.807, 2.05) is 30.0 Å². The van der Waals surface area contributed by atoms with Gasteiger partial charge in [0, 0.05) is 43.7 Å². The Hall–Kier alpha value is -2.63. The van der Waals surface area contributed by atoms with Crippen LogP contribution in [0.4, 0.5) is 10.6 Å². The van der Waals surface area contributed by atoms with Crippen molar-refractivity contribution < 1.29 is 4.79 Å². The molecule has 148 valence electrons. The molecule has 0 saturated carbocycles. The van der Waals surface area contributed by atoms with Gasteiger partial charge in [0.2, 0.25) is 0 Å². The number of urea groups is 1. The molecular formula is C22H29N5O. The van der Waals surface area contributed by atoms with Crippen molar-refractivity contribution in [3.05, 3.63) is 41.6 Å². The second-order valence-electron chi connectivity index (χ2n) is 7.57. The van der Waals surface area contributed by atoms with E-state index in [1.165, 1.54) is 25.7 Å². The van der Waals surface area contributed by atoms with Gasteiger partial charge < -0.3 is 15.1 Å². The zero-order chi connectivity index (χ0) is 19.3. The molecule has 0 atom stereocenters. The number of anilines is 1. The molecule has 0 bridgehead atoms. The average Bonchev–Trinajstić information content (AvgIpc) is 3.03. The first kappa shape index (κ1) is 18.7. The minimum absolute atomic E-state index is 0.00195. The van der Waals surface area contributed by atoms with Crippen LogP contribution in [0.1, 0.15) is 43.9 Å². The Balaban J connectivity index is 1.73. The summed E-state index contributed by atoms with van der Waals surface area (Å²) in [7, 11) is 0. The van der Waals surface area contributed by atoms with Crippen molar-refractivity contribution >= 4 is 11.8 Å². The fourth-order valence-corrected chi connectivity index (χ4v) is 4.09. The van der Waals surface area contributed by atoms with Crippen molar-refractivity contribution in [1.82, 2.24) is 20.2 Å². The van der Waals surface area contributed by atoms with E-state index in [1.54, 1.807) is 0 Å². The van der Waals surface area contributed by atoms with Crippen LogP contribution in [-0.4, -0.2) is 47.1 Å². The number of fused-ring (bicyclic) bond motifs is 1. The van der Waals surface area contributed by atoms with Gasteiger partial charge in [0.15, 0.2) is 5.82 Å². The zero-order valence-electron chi connectivity index (χ0n) is 16.7. The molecule has 1 aromatic heterocycles. The van der Waals surface area contributed by atoms with E-state index in [4.69, 9.17) is 9.97 Å². The third kappa shape index (κ3) is 3.96. The normalized spacial score (nSPS) is 17.0. The Morgan fingerprint density at radius 3 is 2.50 bits per heavy atom. The van der Waals surface area contributed by atoms with E-state index in [-0.39, 0.29) is 6.03 Å². The lowest BCUT2D eigenvalue weighted by Gasteiger charge is -2.32. The molecule has 1 aromatic carbocycles. The fraction of sp³-hybridized carbons (Fsp3) is 0.500. The highest BCUT2D eigenvalue weighted by atomic mass is 16.2. The second kappa shape index (κ2) is 8.59. The number of carbonyl (C=O) groups excluding carboxylic acids is 1. The third-order valence-corrected chi connectivity index (χ3v) is 5.59. The Bertz CT molecular complexity index is 815. The summed E-state index contributed by atoms with van der Waals surface area (Å²) in [6, 6.07) is 10.2. The number of carbonyl (C=O) groups is 1. The molecule has 2 aliphatic rings. The number of rotatable bonds is 3. The molecular weight excluding hydrogens is 350 g/mol. The highest BCUT2D eigenvalue weighted by Crippen LogP contribution is 2.31. The summed E-state index contributed by atoms with van der Waals surface area (Å²) in [5, 5.41) is 2.92. The molecule has 0 unspecified atom stereocenters. The predicted molar refractivity (Wildman–Crippen MR) is 111 cm³/mol. The molecule has 1 fully saturated rings. The van der Waals surface area contributed by atoms with E-state index in [9.17, 15) is 4.79 Å². The Kier molecular flexibility index (Phi) is 5.74. The first-order chi connectivity index (χ1) is 13.8. The molecule has 28 heavy (non-hydrogen) atoms. The van der Waals surface area contributed by atoms with Gasteiger partial charge in [-0.1, -0.05) is 43.2 Å². The maximum atomic E-state index is 12.4. The van der Waals surface area contributed by atoms with Crippen LogP contribution in [0.3, 0.4) is 0 Å². The van der Waals surface area contributed by atoms with Gasteiger partial charge in [0.05, 0.1) is 12.2 Å². The molecule has 0 radical (unpaired) electrons. The minimum Gasteiger partial charge on any atom is -0.356 e. The summed E-state index contributed by atoms with van der Waals surface area (Å²) < 4.78 is 0. The predicted octanol–water partition coefficient (Wildman–Crippen LogP) is 3.61. The van der Waals surface area contributed by atoms with Gasteiger partial charge in [0.1, 0.15) is 5.82 Å². The minimum atomic E-state index is 0.00195. The van der Waals surface area contributed by atoms with Crippen LogP contribution in [0.25, 0.3) is 11.4 Å². The molecule has 1 N–H and O–H groups in total. The number of hydrogen-bond donors (Lipinski definition) is 1. The van der Waals surface area contributed by atoms with Crippen LogP contribution in [0.15, 0.2) is 30.3 Å². The maximum absolute atomic E-state index is 12.4. The summed E-state index contributed by atoms with van der Waals surface area (Å²) >= 11 is 0. The maximum Gasteiger partial charge on any atom is 0.317 e. The first-order valence-corrected chi connectivity index (χ1v) is 10.5. The largest absolute Gasteiger partial charge is 0.356 e. The first-order valence-electron chi connectivity index (χ1n) is 10.5. The van der Waals surface area contributed by atoms with Gasteiger partial charge in [-0.05, 0) is 19.8 Å². The molecule has 4 rings (SSSR count). The molecule has 2 amide bonds. The number of aromatic nitrogens is 2. The second-order valence-corrected chi connectivity index (χ2v) is 7.57. The number of hydrogen-bond acceptors (Lipinski definition) is 4. The van der Waals surface area contributed by atoms with Crippen LogP contribution in [0.2, 0.25) is 0 Å². The van der Waals surface area contributed by atoms with E-state index in [2.05, 4.69) is 22.3 Å². The summed E-state index contributed by atoms with van der Waals surface area (Å²) in [6.45, 7) is 5.93. The lowest BCUT2D eigenvalue weighted by Crippen LogP contribution is -2.43. The molecule has 6 heteroatoms. The molecule has 1 saturated heterocycles. The van der Waals surface area contributed by atoms with Crippen LogP contribution >= 0.6 is 0 Å². The van der Waals surface area contributed by atoms with Gasteiger partial charge in [-0.3, -0.25) is 0 Å². The van der Waals surface area contributed by atoms with E-state index < -0.39 is 0 Å². The summed E-state index contributed by atoms with van der Waals surface area (Å²) in [5.41, 5.74) is 3.26. The van der Waals surface area contributed by atoms with E-state index in [0.29, 0.717) is 19.6 Å². The summed E-state index contributed by atoms with van der Waals surface area (Å²) in [4.78, 5) is 26.6. The van der Waals surface area contributed by atoms with Gasteiger partial charge >= 0.3 is 6.03 Å². The average molecular weight is 380 g/mol. The van der Waals surface area contributed by atoms with Crippen LogP contribution in [0.5, 0.6) is 0 Å². The molecule has 0 aliphatic carbocycles. The third-order valence-electron chi connectivity index (χ3n) is 5.59. The van der Waals surface area contributed by atoms with Crippen molar-refractivity contribution in [2.24, 2.45) is 0 Å². The van der Waals surface area contributed by atoms with Crippen molar-refractivity contribution in [3.8, 4) is 11.4 Å².